The van der Waals surface area contributed by atoms with E-state index in [-0.39, 0.29) is 34.3 Å². The molecule has 0 saturated heterocycles. The van der Waals surface area contributed by atoms with E-state index in [9.17, 15) is 24.3 Å². The molecule has 2 aromatic heterocycles. The molecule has 0 aliphatic rings. The van der Waals surface area contributed by atoms with Crippen molar-refractivity contribution in [1.29, 1.82) is 0 Å². The Morgan fingerprint density at radius 1 is 1.12 bits per heavy atom. The third-order valence-corrected chi connectivity index (χ3v) is 6.30. The maximum Gasteiger partial charge on any atom is 0.348 e. The van der Waals surface area contributed by atoms with Gasteiger partial charge in [0, 0.05) is 0 Å². The topological polar surface area (TPSA) is 117 Å². The van der Waals surface area contributed by atoms with Crippen LogP contribution in [-0.2, 0) is 27.4 Å². The lowest BCUT2D eigenvalue weighted by Crippen LogP contribution is -2.42. The first-order chi connectivity index (χ1) is 15.6. The highest BCUT2D eigenvalue weighted by Crippen LogP contribution is 2.30. The highest BCUT2D eigenvalue weighted by molar-refractivity contribution is 7.20. The number of carbonyl (C=O) groups excluding carboxylic acids is 1. The number of hydrogen-bond acceptors (Lipinski definition) is 7. The Balaban J connectivity index is 2.29. The monoisotopic (exact) mass is 474 g/mol. The Bertz CT molecular complexity index is 1290. The van der Waals surface area contributed by atoms with Crippen molar-refractivity contribution in [2.24, 2.45) is 0 Å². The number of carboxylic acid groups (broad SMARTS) is 1. The van der Waals surface area contributed by atoms with Crippen LogP contribution in [0.15, 0.2) is 39.9 Å². The fraction of sp³-hybridized carbons (Fsp3) is 0.391. The molecule has 0 amide bonds. The number of rotatable bonds is 9. The fourth-order valence-corrected chi connectivity index (χ4v) is 4.81. The van der Waals surface area contributed by atoms with E-state index in [2.05, 4.69) is 0 Å². The van der Waals surface area contributed by atoms with Gasteiger partial charge in [-0.1, -0.05) is 30.3 Å². The van der Waals surface area contributed by atoms with Crippen molar-refractivity contribution >= 4 is 33.5 Å². The molecule has 2 heterocycles. The van der Waals surface area contributed by atoms with Crippen molar-refractivity contribution in [2.75, 3.05) is 6.61 Å². The van der Waals surface area contributed by atoms with Gasteiger partial charge in [0.1, 0.15) is 22.4 Å². The molecule has 176 valence electrons. The largest absolute Gasteiger partial charge is 0.480 e. The first-order valence-corrected chi connectivity index (χ1v) is 11.3. The third kappa shape index (κ3) is 5.07. The van der Waals surface area contributed by atoms with Gasteiger partial charge in [0.05, 0.1) is 24.6 Å². The Morgan fingerprint density at radius 3 is 2.36 bits per heavy atom. The molecule has 1 atom stereocenters. The second-order valence-corrected chi connectivity index (χ2v) is 8.72. The lowest BCUT2D eigenvalue weighted by molar-refractivity contribution is -0.137. The van der Waals surface area contributed by atoms with Gasteiger partial charge in [-0.15, -0.1) is 11.3 Å². The van der Waals surface area contributed by atoms with Crippen LogP contribution in [0.2, 0.25) is 0 Å². The zero-order valence-electron chi connectivity index (χ0n) is 18.9. The number of carboxylic acids is 1. The van der Waals surface area contributed by atoms with E-state index in [0.717, 1.165) is 16.9 Å². The zero-order chi connectivity index (χ0) is 24.3. The van der Waals surface area contributed by atoms with E-state index in [1.54, 1.807) is 13.8 Å². The van der Waals surface area contributed by atoms with E-state index in [0.29, 0.717) is 10.1 Å². The summed E-state index contributed by atoms with van der Waals surface area (Å²) in [6.07, 6.45) is -0.706. The molecule has 3 rings (SSSR count). The summed E-state index contributed by atoms with van der Waals surface area (Å²) in [6.45, 7) is 6.39. The summed E-state index contributed by atoms with van der Waals surface area (Å²) in [5, 5.41) is 9.41. The Kier molecular flexibility index (Phi) is 7.50. The van der Waals surface area contributed by atoms with Crippen molar-refractivity contribution in [3.8, 4) is 0 Å². The minimum Gasteiger partial charge on any atom is -0.480 e. The van der Waals surface area contributed by atoms with E-state index in [1.165, 1.54) is 4.57 Å². The van der Waals surface area contributed by atoms with Crippen LogP contribution in [0.25, 0.3) is 10.2 Å². The van der Waals surface area contributed by atoms with Gasteiger partial charge in [0.2, 0.25) is 0 Å². The van der Waals surface area contributed by atoms with Crippen molar-refractivity contribution in [3.05, 3.63) is 67.2 Å². The molecule has 0 unspecified atom stereocenters. The van der Waals surface area contributed by atoms with Crippen molar-refractivity contribution in [2.45, 2.75) is 53.0 Å². The first kappa shape index (κ1) is 24.4. The predicted molar refractivity (Wildman–Crippen MR) is 124 cm³/mol. The maximum absolute atomic E-state index is 13.3. The van der Waals surface area contributed by atoms with Crippen LogP contribution in [0.5, 0.6) is 0 Å². The number of aromatic nitrogens is 2. The SMILES string of the molecule is CCOC(=O)c1sc2c(c1C)c(=O)n(CC(=O)O)c(=O)n2C[C@@H](OC(C)C)c1ccccc1. The number of aryl methyl sites for hydroxylation is 1. The molecule has 1 N–H and O–H groups in total. The second kappa shape index (κ2) is 10.1. The summed E-state index contributed by atoms with van der Waals surface area (Å²) in [6, 6.07) is 9.30. The quantitative estimate of drug-likeness (QED) is 0.474. The molecule has 0 aliphatic heterocycles. The molecule has 3 aromatic rings. The van der Waals surface area contributed by atoms with Crippen molar-refractivity contribution in [1.82, 2.24) is 9.13 Å². The number of hydrogen-bond donors (Lipinski definition) is 1. The summed E-state index contributed by atoms with van der Waals surface area (Å²) in [5.74, 6) is -1.92. The predicted octanol–water partition coefficient (Wildman–Crippen LogP) is 2.96. The molecule has 0 saturated carbocycles. The molecule has 0 aliphatic carbocycles. The fourth-order valence-electron chi connectivity index (χ4n) is 3.61. The molecule has 0 bridgehead atoms. The van der Waals surface area contributed by atoms with Crippen LogP contribution in [-0.4, -0.2) is 38.9 Å². The number of carbonyl (C=O) groups is 2. The van der Waals surface area contributed by atoms with Gasteiger partial charge in [0.25, 0.3) is 5.56 Å². The van der Waals surface area contributed by atoms with Crippen LogP contribution in [0, 0.1) is 6.92 Å². The van der Waals surface area contributed by atoms with Gasteiger partial charge in [-0.3, -0.25) is 14.2 Å². The van der Waals surface area contributed by atoms with Crippen molar-refractivity contribution < 1.29 is 24.2 Å². The lowest BCUT2D eigenvalue weighted by atomic mass is 10.1. The summed E-state index contributed by atoms with van der Waals surface area (Å²) in [5.41, 5.74) is -0.354. The molecule has 0 spiro atoms. The van der Waals surface area contributed by atoms with Gasteiger partial charge >= 0.3 is 17.6 Å². The van der Waals surface area contributed by atoms with Gasteiger partial charge in [0.15, 0.2) is 0 Å². The number of fused-ring (bicyclic) bond motifs is 1. The number of ether oxygens (including phenoxy) is 2. The Hall–Kier alpha value is -3.24. The normalized spacial score (nSPS) is 12.3. The number of aliphatic carboxylic acids is 1. The summed E-state index contributed by atoms with van der Waals surface area (Å²) < 4.78 is 13.2. The molecule has 1 aromatic carbocycles. The van der Waals surface area contributed by atoms with Gasteiger partial charge in [-0.2, -0.15) is 0 Å². The minimum absolute atomic E-state index is 0.0274. The smallest absolute Gasteiger partial charge is 0.348 e. The first-order valence-electron chi connectivity index (χ1n) is 10.5. The highest BCUT2D eigenvalue weighted by atomic mass is 32.1. The zero-order valence-corrected chi connectivity index (χ0v) is 19.7. The van der Waals surface area contributed by atoms with Gasteiger partial charge in [-0.05, 0) is 38.8 Å². The van der Waals surface area contributed by atoms with Gasteiger partial charge in [-0.25, -0.2) is 14.2 Å². The second-order valence-electron chi connectivity index (χ2n) is 7.72. The molecular weight excluding hydrogens is 448 g/mol. The van der Waals surface area contributed by atoms with Crippen molar-refractivity contribution in [3.63, 3.8) is 0 Å². The summed E-state index contributed by atoms with van der Waals surface area (Å²) >= 11 is 0.983. The van der Waals surface area contributed by atoms with E-state index in [4.69, 9.17) is 9.47 Å². The van der Waals surface area contributed by atoms with E-state index in [1.807, 2.05) is 44.2 Å². The lowest BCUT2D eigenvalue weighted by Gasteiger charge is -2.22. The molecule has 0 fully saturated rings. The van der Waals surface area contributed by atoms with Crippen LogP contribution in [0.1, 0.15) is 47.7 Å². The third-order valence-electron chi connectivity index (χ3n) is 5.00. The standard InChI is InChI=1S/C23H26N2O7S/c1-5-31-22(29)19-14(4)18-20(28)24(12-17(26)27)23(30)25(21(18)33-19)11-16(32-13(2)3)15-9-7-6-8-10-15/h6-10,13,16H,5,11-12H2,1-4H3,(H,26,27)/t16-/m1/s1. The number of thiophene rings is 1. The van der Waals surface area contributed by atoms with Gasteiger partial charge < -0.3 is 14.6 Å². The molecular formula is C23H26N2O7S. The molecule has 9 nitrogen and oxygen atoms in total. The number of nitrogens with zero attached hydrogens (tertiary/aromatic N) is 2. The number of esters is 1. The van der Waals surface area contributed by atoms with E-state index >= 15 is 0 Å². The Labute approximate surface area is 193 Å². The summed E-state index contributed by atoms with van der Waals surface area (Å²) in [7, 11) is 0. The summed E-state index contributed by atoms with van der Waals surface area (Å²) in [4.78, 5) is 50.7. The van der Waals surface area contributed by atoms with Crippen LogP contribution >= 0.6 is 11.3 Å². The molecule has 0 radical (unpaired) electrons. The average Bonchev–Trinajstić information content (AvgIpc) is 3.11. The van der Waals surface area contributed by atoms with Crippen LogP contribution in [0.3, 0.4) is 0 Å². The van der Waals surface area contributed by atoms with E-state index < -0.39 is 35.8 Å². The number of benzene rings is 1. The average molecular weight is 475 g/mol. The molecule has 33 heavy (non-hydrogen) atoms. The minimum atomic E-state index is -1.32. The maximum atomic E-state index is 13.3. The molecule has 10 heteroatoms. The Morgan fingerprint density at radius 2 is 1.79 bits per heavy atom. The van der Waals surface area contributed by atoms with Crippen LogP contribution in [0.4, 0.5) is 0 Å². The highest BCUT2D eigenvalue weighted by Gasteiger charge is 2.26. The van der Waals surface area contributed by atoms with Crippen LogP contribution < -0.4 is 11.2 Å².